The zero-order chi connectivity index (χ0) is 14.7. The van der Waals surface area contributed by atoms with Gasteiger partial charge in [-0.3, -0.25) is 0 Å². The lowest BCUT2D eigenvalue weighted by atomic mass is 9.96. The molecule has 0 bridgehead atoms. The molecule has 110 valence electrons. The smallest absolute Gasteiger partial charge is 0.124 e. The number of hydrogen-bond donors (Lipinski definition) is 1. The zero-order valence-corrected chi connectivity index (χ0v) is 12.9. The molecular weight excluding hydrogens is 258 g/mol. The van der Waals surface area contributed by atoms with Crippen LogP contribution in [0.5, 0.6) is 5.75 Å². The van der Waals surface area contributed by atoms with Gasteiger partial charge in [-0.2, -0.15) is 0 Å². The molecule has 0 spiro atoms. The monoisotopic (exact) mass is 281 g/mol. The van der Waals surface area contributed by atoms with E-state index in [1.54, 1.807) is 0 Å². The number of benzene rings is 2. The molecule has 2 aromatic rings. The molecule has 1 heterocycles. The lowest BCUT2D eigenvalue weighted by Gasteiger charge is -2.28. The number of rotatable bonds is 4. The highest BCUT2D eigenvalue weighted by atomic mass is 16.5. The predicted molar refractivity (Wildman–Crippen MR) is 86.9 cm³/mol. The topological polar surface area (TPSA) is 21.3 Å². The molecule has 0 aromatic heterocycles. The van der Waals surface area contributed by atoms with Gasteiger partial charge in [-0.1, -0.05) is 36.4 Å². The van der Waals surface area contributed by atoms with Crippen molar-refractivity contribution in [1.29, 1.82) is 0 Å². The van der Waals surface area contributed by atoms with Crippen LogP contribution in [0.2, 0.25) is 0 Å². The van der Waals surface area contributed by atoms with Gasteiger partial charge >= 0.3 is 0 Å². The molecule has 0 aliphatic carbocycles. The Kier molecular flexibility index (Phi) is 4.26. The molecule has 0 saturated carbocycles. The summed E-state index contributed by atoms with van der Waals surface area (Å²) in [5, 5.41) is 3.69. The Labute approximate surface area is 127 Å². The molecule has 1 aliphatic heterocycles. The van der Waals surface area contributed by atoms with Gasteiger partial charge in [-0.05, 0) is 49.6 Å². The standard InChI is InChI=1S/C19H23NO/c1-14-12-17-18(9-11-21-19(17)13-15(14)2)20-10-8-16-6-4-3-5-7-16/h3-7,12-13,18,20H,8-11H2,1-2H3. The van der Waals surface area contributed by atoms with Gasteiger partial charge in [0.25, 0.3) is 0 Å². The van der Waals surface area contributed by atoms with Gasteiger partial charge in [-0.15, -0.1) is 0 Å². The van der Waals surface area contributed by atoms with Crippen molar-refractivity contribution in [1.82, 2.24) is 5.32 Å². The van der Waals surface area contributed by atoms with E-state index in [1.165, 1.54) is 22.3 Å². The summed E-state index contributed by atoms with van der Waals surface area (Å²) in [7, 11) is 0. The molecule has 21 heavy (non-hydrogen) atoms. The highest BCUT2D eigenvalue weighted by Crippen LogP contribution is 2.34. The Morgan fingerprint density at radius 2 is 1.86 bits per heavy atom. The molecule has 2 aromatic carbocycles. The second-order valence-corrected chi connectivity index (χ2v) is 5.85. The van der Waals surface area contributed by atoms with E-state index in [0.29, 0.717) is 6.04 Å². The van der Waals surface area contributed by atoms with Crippen LogP contribution in [0, 0.1) is 13.8 Å². The highest BCUT2D eigenvalue weighted by Gasteiger charge is 2.21. The minimum absolute atomic E-state index is 0.414. The van der Waals surface area contributed by atoms with Crippen LogP contribution in [0.3, 0.4) is 0 Å². The maximum absolute atomic E-state index is 5.81. The molecule has 1 atom stereocenters. The van der Waals surface area contributed by atoms with Crippen LogP contribution in [0.4, 0.5) is 0 Å². The summed E-state index contributed by atoms with van der Waals surface area (Å²) in [6.45, 7) is 6.12. The fraction of sp³-hybridized carbons (Fsp3) is 0.368. The van der Waals surface area contributed by atoms with Gasteiger partial charge in [0.2, 0.25) is 0 Å². The van der Waals surface area contributed by atoms with Crippen LogP contribution in [0.15, 0.2) is 42.5 Å². The summed E-state index contributed by atoms with van der Waals surface area (Å²) >= 11 is 0. The average molecular weight is 281 g/mol. The SMILES string of the molecule is Cc1cc2c(cc1C)C(NCCc1ccccc1)CCO2. The molecule has 3 rings (SSSR count). The Bertz CT molecular complexity index is 606. The van der Waals surface area contributed by atoms with Gasteiger partial charge in [0.15, 0.2) is 0 Å². The minimum atomic E-state index is 0.414. The van der Waals surface area contributed by atoms with E-state index in [9.17, 15) is 0 Å². The number of hydrogen-bond acceptors (Lipinski definition) is 2. The number of aryl methyl sites for hydroxylation is 2. The lowest BCUT2D eigenvalue weighted by molar-refractivity contribution is 0.253. The van der Waals surface area contributed by atoms with Crippen molar-refractivity contribution >= 4 is 0 Å². The Balaban J connectivity index is 1.66. The van der Waals surface area contributed by atoms with Crippen molar-refractivity contribution in [3.05, 3.63) is 64.7 Å². The summed E-state index contributed by atoms with van der Waals surface area (Å²) in [4.78, 5) is 0. The summed E-state index contributed by atoms with van der Waals surface area (Å²) < 4.78 is 5.81. The van der Waals surface area contributed by atoms with Crippen molar-refractivity contribution in [3.63, 3.8) is 0 Å². The maximum atomic E-state index is 5.81. The molecule has 0 saturated heterocycles. The molecule has 1 N–H and O–H groups in total. The first-order chi connectivity index (χ1) is 10.2. The first-order valence-corrected chi connectivity index (χ1v) is 7.75. The lowest BCUT2D eigenvalue weighted by Crippen LogP contribution is -2.28. The Morgan fingerprint density at radius 3 is 2.67 bits per heavy atom. The van der Waals surface area contributed by atoms with Gasteiger partial charge in [0.05, 0.1) is 6.61 Å². The van der Waals surface area contributed by atoms with E-state index < -0.39 is 0 Å². The first kappa shape index (κ1) is 14.2. The summed E-state index contributed by atoms with van der Waals surface area (Å²) in [5.41, 5.74) is 5.35. The third-order valence-corrected chi connectivity index (χ3v) is 4.31. The fourth-order valence-corrected chi connectivity index (χ4v) is 2.90. The number of nitrogens with one attached hydrogen (secondary N) is 1. The molecule has 0 radical (unpaired) electrons. The molecule has 1 unspecified atom stereocenters. The van der Waals surface area contributed by atoms with E-state index in [4.69, 9.17) is 4.74 Å². The normalized spacial score (nSPS) is 17.1. The largest absolute Gasteiger partial charge is 0.493 e. The Morgan fingerprint density at radius 1 is 1.10 bits per heavy atom. The van der Waals surface area contributed by atoms with Gasteiger partial charge in [0.1, 0.15) is 5.75 Å². The van der Waals surface area contributed by atoms with Gasteiger partial charge in [-0.25, -0.2) is 0 Å². The first-order valence-electron chi connectivity index (χ1n) is 7.75. The molecule has 1 aliphatic rings. The average Bonchev–Trinajstić information content (AvgIpc) is 2.50. The third-order valence-electron chi connectivity index (χ3n) is 4.31. The van der Waals surface area contributed by atoms with Crippen molar-refractivity contribution in [2.24, 2.45) is 0 Å². The van der Waals surface area contributed by atoms with Crippen molar-refractivity contribution in [2.75, 3.05) is 13.2 Å². The second kappa shape index (κ2) is 6.31. The number of ether oxygens (including phenoxy) is 1. The summed E-state index contributed by atoms with van der Waals surface area (Å²) in [5.74, 6) is 1.06. The minimum Gasteiger partial charge on any atom is -0.493 e. The highest BCUT2D eigenvalue weighted by molar-refractivity contribution is 5.44. The van der Waals surface area contributed by atoms with Crippen molar-refractivity contribution in [2.45, 2.75) is 32.7 Å². The van der Waals surface area contributed by atoms with E-state index in [2.05, 4.69) is 61.6 Å². The fourth-order valence-electron chi connectivity index (χ4n) is 2.90. The molecule has 0 amide bonds. The van der Waals surface area contributed by atoms with E-state index in [0.717, 1.165) is 31.7 Å². The van der Waals surface area contributed by atoms with Crippen LogP contribution >= 0.6 is 0 Å². The van der Waals surface area contributed by atoms with Crippen LogP contribution in [-0.4, -0.2) is 13.2 Å². The molecule has 0 fully saturated rings. The van der Waals surface area contributed by atoms with Crippen LogP contribution in [-0.2, 0) is 6.42 Å². The number of fused-ring (bicyclic) bond motifs is 1. The van der Waals surface area contributed by atoms with E-state index in [1.807, 2.05) is 0 Å². The maximum Gasteiger partial charge on any atom is 0.124 e. The van der Waals surface area contributed by atoms with Gasteiger partial charge in [0, 0.05) is 18.0 Å². The quantitative estimate of drug-likeness (QED) is 0.916. The van der Waals surface area contributed by atoms with Crippen LogP contribution in [0.25, 0.3) is 0 Å². The van der Waals surface area contributed by atoms with Crippen LogP contribution < -0.4 is 10.1 Å². The zero-order valence-electron chi connectivity index (χ0n) is 12.9. The molecular formula is C19H23NO. The van der Waals surface area contributed by atoms with E-state index >= 15 is 0 Å². The third kappa shape index (κ3) is 3.27. The summed E-state index contributed by atoms with van der Waals surface area (Å²) in [6, 6.07) is 15.5. The van der Waals surface area contributed by atoms with Crippen molar-refractivity contribution < 1.29 is 4.74 Å². The van der Waals surface area contributed by atoms with Crippen LogP contribution in [0.1, 0.15) is 34.7 Å². The predicted octanol–water partition coefficient (Wildman–Crippen LogP) is 3.96. The summed E-state index contributed by atoms with van der Waals surface area (Å²) in [6.07, 6.45) is 2.11. The second-order valence-electron chi connectivity index (χ2n) is 5.85. The molecule has 2 nitrogen and oxygen atoms in total. The van der Waals surface area contributed by atoms with E-state index in [-0.39, 0.29) is 0 Å². The van der Waals surface area contributed by atoms with Crippen molar-refractivity contribution in [3.8, 4) is 5.75 Å². The molecule has 2 heteroatoms. The van der Waals surface area contributed by atoms with Gasteiger partial charge < -0.3 is 10.1 Å². The Hall–Kier alpha value is -1.80.